The van der Waals surface area contributed by atoms with Crippen molar-refractivity contribution in [2.75, 3.05) is 6.61 Å². The number of benzene rings is 1. The fourth-order valence-corrected chi connectivity index (χ4v) is 2.64. The van der Waals surface area contributed by atoms with Crippen LogP contribution in [0.4, 0.5) is 0 Å². The molecule has 0 aromatic heterocycles. The van der Waals surface area contributed by atoms with E-state index in [1.807, 2.05) is 37.3 Å². The van der Waals surface area contributed by atoms with Crippen molar-refractivity contribution in [1.82, 2.24) is 0 Å². The van der Waals surface area contributed by atoms with Gasteiger partial charge in [0.1, 0.15) is 0 Å². The van der Waals surface area contributed by atoms with Crippen LogP contribution in [0.1, 0.15) is 45.1 Å². The van der Waals surface area contributed by atoms with Gasteiger partial charge >= 0.3 is 5.97 Å². The second kappa shape index (κ2) is 6.00. The Morgan fingerprint density at radius 2 is 2.05 bits per heavy atom. The third-order valence-electron chi connectivity index (χ3n) is 3.55. The Balaban J connectivity index is 2.27. The van der Waals surface area contributed by atoms with Gasteiger partial charge in [-0.15, -0.1) is 0 Å². The predicted molar refractivity (Wildman–Crippen MR) is 76.5 cm³/mol. The number of rotatable bonds is 5. The molecule has 1 heterocycles. The zero-order valence-corrected chi connectivity index (χ0v) is 11.7. The lowest BCUT2D eigenvalue weighted by atomic mass is 9.91. The molecule has 2 rings (SSSR count). The van der Waals surface area contributed by atoms with Crippen LogP contribution in [0.25, 0.3) is 0 Å². The molecule has 1 aliphatic heterocycles. The van der Waals surface area contributed by atoms with Crippen LogP contribution >= 0.6 is 0 Å². The molecule has 0 saturated heterocycles. The molecular weight excluding hydrogens is 238 g/mol. The van der Waals surface area contributed by atoms with Gasteiger partial charge < -0.3 is 4.74 Å². The average Bonchev–Trinajstić information content (AvgIpc) is 2.86. The zero-order valence-electron chi connectivity index (χ0n) is 11.7. The third-order valence-corrected chi connectivity index (χ3v) is 3.55. The molecular formula is C16H21NO2. The molecule has 0 spiro atoms. The SMILES string of the molecule is CCCC1(C(=O)OCC)CCC(c2ccccc2)=N1. The summed E-state index contributed by atoms with van der Waals surface area (Å²) in [5.74, 6) is -0.164. The lowest BCUT2D eigenvalue weighted by molar-refractivity contribution is -0.149. The highest BCUT2D eigenvalue weighted by molar-refractivity contribution is 6.04. The van der Waals surface area contributed by atoms with Crippen LogP contribution in [0, 0.1) is 0 Å². The maximum atomic E-state index is 12.2. The first-order valence-electron chi connectivity index (χ1n) is 7.03. The normalized spacial score (nSPS) is 22.1. The van der Waals surface area contributed by atoms with Gasteiger partial charge in [-0.3, -0.25) is 4.99 Å². The summed E-state index contributed by atoms with van der Waals surface area (Å²) in [4.78, 5) is 16.9. The smallest absolute Gasteiger partial charge is 0.334 e. The molecule has 1 atom stereocenters. The summed E-state index contributed by atoms with van der Waals surface area (Å²) in [5, 5.41) is 0. The van der Waals surface area contributed by atoms with Gasteiger partial charge in [0.05, 0.1) is 6.61 Å². The Morgan fingerprint density at radius 1 is 1.32 bits per heavy atom. The summed E-state index contributed by atoms with van der Waals surface area (Å²) in [6.45, 7) is 4.34. The van der Waals surface area contributed by atoms with Crippen molar-refractivity contribution in [2.24, 2.45) is 4.99 Å². The lowest BCUT2D eigenvalue weighted by Gasteiger charge is -2.22. The first-order chi connectivity index (χ1) is 9.22. The predicted octanol–water partition coefficient (Wildman–Crippen LogP) is 3.37. The molecule has 0 bridgehead atoms. The van der Waals surface area contributed by atoms with Crippen molar-refractivity contribution in [2.45, 2.75) is 45.1 Å². The number of ether oxygens (including phenoxy) is 1. The molecule has 0 saturated carbocycles. The Labute approximate surface area is 114 Å². The number of nitrogens with zero attached hydrogens (tertiary/aromatic N) is 1. The molecule has 0 fully saturated rings. The van der Waals surface area contributed by atoms with Crippen molar-refractivity contribution in [3.8, 4) is 0 Å². The highest BCUT2D eigenvalue weighted by Gasteiger charge is 2.42. The number of carbonyl (C=O) groups excluding carboxylic acids is 1. The summed E-state index contributed by atoms with van der Waals surface area (Å²) in [6, 6.07) is 10.1. The van der Waals surface area contributed by atoms with Gasteiger partial charge in [-0.25, -0.2) is 4.79 Å². The molecule has 1 aromatic carbocycles. The van der Waals surface area contributed by atoms with Crippen LogP contribution in [0.15, 0.2) is 35.3 Å². The number of hydrogen-bond donors (Lipinski definition) is 0. The second-order valence-electron chi connectivity index (χ2n) is 4.93. The molecule has 102 valence electrons. The van der Waals surface area contributed by atoms with E-state index in [2.05, 4.69) is 6.92 Å². The number of carbonyl (C=O) groups is 1. The number of hydrogen-bond acceptors (Lipinski definition) is 3. The third kappa shape index (κ3) is 2.86. The Bertz CT molecular complexity index is 467. The van der Waals surface area contributed by atoms with Gasteiger partial charge in [-0.2, -0.15) is 0 Å². The summed E-state index contributed by atoms with van der Waals surface area (Å²) < 4.78 is 5.22. The highest BCUT2D eigenvalue weighted by atomic mass is 16.5. The van der Waals surface area contributed by atoms with E-state index in [0.29, 0.717) is 6.61 Å². The van der Waals surface area contributed by atoms with Crippen LogP contribution in [-0.4, -0.2) is 23.8 Å². The van der Waals surface area contributed by atoms with Crippen LogP contribution in [-0.2, 0) is 9.53 Å². The van der Waals surface area contributed by atoms with Crippen LogP contribution in [0.2, 0.25) is 0 Å². The van der Waals surface area contributed by atoms with E-state index in [1.54, 1.807) is 0 Å². The Morgan fingerprint density at radius 3 is 2.68 bits per heavy atom. The van der Waals surface area contributed by atoms with Gasteiger partial charge in [0.25, 0.3) is 0 Å². The van der Waals surface area contributed by atoms with Gasteiger partial charge in [0.2, 0.25) is 0 Å². The minimum atomic E-state index is -0.643. The van der Waals surface area contributed by atoms with E-state index in [-0.39, 0.29) is 5.97 Å². The lowest BCUT2D eigenvalue weighted by Crippen LogP contribution is -2.36. The molecule has 0 aliphatic carbocycles. The Kier molecular flexibility index (Phi) is 4.35. The quantitative estimate of drug-likeness (QED) is 0.760. The highest BCUT2D eigenvalue weighted by Crippen LogP contribution is 2.33. The van der Waals surface area contributed by atoms with E-state index in [4.69, 9.17) is 9.73 Å². The largest absolute Gasteiger partial charge is 0.464 e. The van der Waals surface area contributed by atoms with E-state index in [0.717, 1.165) is 37.0 Å². The van der Waals surface area contributed by atoms with Crippen LogP contribution in [0.5, 0.6) is 0 Å². The fraction of sp³-hybridized carbons (Fsp3) is 0.500. The first-order valence-corrected chi connectivity index (χ1v) is 7.03. The molecule has 0 N–H and O–H groups in total. The van der Waals surface area contributed by atoms with Crippen molar-refractivity contribution >= 4 is 11.7 Å². The van der Waals surface area contributed by atoms with E-state index < -0.39 is 5.54 Å². The van der Waals surface area contributed by atoms with E-state index in [9.17, 15) is 4.79 Å². The van der Waals surface area contributed by atoms with Crippen LogP contribution in [0.3, 0.4) is 0 Å². The monoisotopic (exact) mass is 259 g/mol. The number of aliphatic imine (C=N–C) groups is 1. The summed E-state index contributed by atoms with van der Waals surface area (Å²) >= 11 is 0. The summed E-state index contributed by atoms with van der Waals surface area (Å²) in [5.41, 5.74) is 1.50. The molecule has 0 radical (unpaired) electrons. The molecule has 1 aliphatic rings. The second-order valence-corrected chi connectivity index (χ2v) is 4.93. The van der Waals surface area contributed by atoms with Crippen molar-refractivity contribution in [1.29, 1.82) is 0 Å². The first kappa shape index (κ1) is 13.8. The van der Waals surface area contributed by atoms with Crippen LogP contribution < -0.4 is 0 Å². The molecule has 19 heavy (non-hydrogen) atoms. The maximum absolute atomic E-state index is 12.2. The summed E-state index contributed by atoms with van der Waals surface area (Å²) in [6.07, 6.45) is 3.32. The van der Waals surface area contributed by atoms with Gasteiger partial charge in [0, 0.05) is 5.71 Å². The maximum Gasteiger partial charge on any atom is 0.334 e. The molecule has 3 heteroatoms. The number of esters is 1. The van der Waals surface area contributed by atoms with E-state index in [1.165, 1.54) is 0 Å². The van der Waals surface area contributed by atoms with E-state index >= 15 is 0 Å². The minimum Gasteiger partial charge on any atom is -0.464 e. The topological polar surface area (TPSA) is 38.7 Å². The van der Waals surface area contributed by atoms with Gasteiger partial charge in [-0.1, -0.05) is 43.7 Å². The standard InChI is InChI=1S/C16H21NO2/c1-3-11-16(15(18)19-4-2)12-10-14(17-16)13-8-6-5-7-9-13/h5-9H,3-4,10-12H2,1-2H3. The molecule has 0 amide bonds. The zero-order chi connectivity index (χ0) is 13.7. The van der Waals surface area contributed by atoms with Gasteiger partial charge in [0.15, 0.2) is 5.54 Å². The molecule has 1 unspecified atom stereocenters. The molecule has 3 nitrogen and oxygen atoms in total. The molecule has 1 aromatic rings. The van der Waals surface area contributed by atoms with Crippen molar-refractivity contribution in [3.63, 3.8) is 0 Å². The summed E-state index contributed by atoms with van der Waals surface area (Å²) in [7, 11) is 0. The Hall–Kier alpha value is -1.64. The fourth-order valence-electron chi connectivity index (χ4n) is 2.64. The minimum absolute atomic E-state index is 0.164. The van der Waals surface area contributed by atoms with Crippen molar-refractivity contribution < 1.29 is 9.53 Å². The van der Waals surface area contributed by atoms with Crippen molar-refractivity contribution in [3.05, 3.63) is 35.9 Å². The van der Waals surface area contributed by atoms with Gasteiger partial charge in [-0.05, 0) is 31.7 Å². The average molecular weight is 259 g/mol.